The minimum atomic E-state index is -0.943. The molecule has 1 aromatic heterocycles. The van der Waals surface area contributed by atoms with Gasteiger partial charge in [-0.15, -0.1) is 0 Å². The van der Waals surface area contributed by atoms with Gasteiger partial charge in [0, 0.05) is 18.5 Å². The topological polar surface area (TPSA) is 76.4 Å². The first kappa shape index (κ1) is 16.2. The molecule has 4 rings (SSSR count). The molecule has 0 atom stereocenters. The molecule has 2 heterocycles. The largest absolute Gasteiger partial charge is 0.497 e. The highest BCUT2D eigenvalue weighted by Gasteiger charge is 2.23. The zero-order valence-electron chi connectivity index (χ0n) is 14.4. The molecule has 0 spiro atoms. The maximum atomic E-state index is 11.3. The smallest absolute Gasteiger partial charge is 0.335 e. The Morgan fingerprint density at radius 1 is 1.27 bits per heavy atom. The number of hydrogen-bond acceptors (Lipinski definition) is 4. The van der Waals surface area contributed by atoms with Crippen LogP contribution in [0.25, 0.3) is 5.69 Å². The first-order chi connectivity index (χ1) is 12.7. The van der Waals surface area contributed by atoms with E-state index in [4.69, 9.17) is 9.84 Å². The fraction of sp³-hybridized carbons (Fsp3) is 0.200. The van der Waals surface area contributed by atoms with Crippen LogP contribution in [0.2, 0.25) is 0 Å². The van der Waals surface area contributed by atoms with E-state index >= 15 is 0 Å². The fourth-order valence-corrected chi connectivity index (χ4v) is 3.28. The van der Waals surface area contributed by atoms with Crippen LogP contribution in [0.3, 0.4) is 0 Å². The molecule has 26 heavy (non-hydrogen) atoms. The highest BCUT2D eigenvalue weighted by atomic mass is 16.5. The van der Waals surface area contributed by atoms with Gasteiger partial charge in [0.25, 0.3) is 0 Å². The third-order valence-corrected chi connectivity index (χ3v) is 4.60. The van der Waals surface area contributed by atoms with Gasteiger partial charge < -0.3 is 15.2 Å². The molecule has 0 fully saturated rings. The van der Waals surface area contributed by atoms with E-state index in [0.717, 1.165) is 47.9 Å². The molecule has 1 aliphatic rings. The van der Waals surface area contributed by atoms with Crippen LogP contribution in [-0.2, 0) is 12.8 Å². The number of carbonyl (C=O) groups is 1. The summed E-state index contributed by atoms with van der Waals surface area (Å²) in [6, 6.07) is 14.8. The Balaban J connectivity index is 1.70. The van der Waals surface area contributed by atoms with Crippen molar-refractivity contribution < 1.29 is 14.6 Å². The number of nitrogens with one attached hydrogen (secondary N) is 1. The normalized spacial score (nSPS) is 12.5. The minimum absolute atomic E-state index is 0.251. The van der Waals surface area contributed by atoms with Crippen molar-refractivity contribution in [2.45, 2.75) is 12.8 Å². The first-order valence-corrected chi connectivity index (χ1v) is 8.47. The van der Waals surface area contributed by atoms with Gasteiger partial charge in [0.05, 0.1) is 24.1 Å². The summed E-state index contributed by atoms with van der Waals surface area (Å²) in [7, 11) is 1.65. The molecule has 2 aromatic carbocycles. The third-order valence-electron chi connectivity index (χ3n) is 4.60. The first-order valence-electron chi connectivity index (χ1n) is 8.47. The second kappa shape index (κ2) is 6.55. The number of methoxy groups -OCH3 is 1. The molecule has 0 bridgehead atoms. The lowest BCUT2D eigenvalue weighted by molar-refractivity contribution is 0.0697. The SMILES string of the molecule is COc1ccc(Cc2nn(-c3cccc(C(=O)O)c3)c3c2CCN3)cc1. The molecule has 1 aliphatic heterocycles. The predicted molar refractivity (Wildman–Crippen MR) is 98.5 cm³/mol. The average molecular weight is 349 g/mol. The van der Waals surface area contributed by atoms with Gasteiger partial charge in [0.1, 0.15) is 11.6 Å². The van der Waals surface area contributed by atoms with E-state index in [0.29, 0.717) is 0 Å². The van der Waals surface area contributed by atoms with Gasteiger partial charge in [-0.3, -0.25) is 0 Å². The van der Waals surface area contributed by atoms with Gasteiger partial charge >= 0.3 is 5.97 Å². The lowest BCUT2D eigenvalue weighted by Gasteiger charge is -2.07. The maximum Gasteiger partial charge on any atom is 0.335 e. The Morgan fingerprint density at radius 3 is 2.81 bits per heavy atom. The average Bonchev–Trinajstić information content (AvgIpc) is 3.26. The summed E-state index contributed by atoms with van der Waals surface area (Å²) in [4.78, 5) is 11.3. The van der Waals surface area contributed by atoms with E-state index in [1.165, 1.54) is 5.56 Å². The van der Waals surface area contributed by atoms with Crippen LogP contribution < -0.4 is 10.1 Å². The second-order valence-electron chi connectivity index (χ2n) is 6.24. The van der Waals surface area contributed by atoms with Crippen LogP contribution in [0, 0.1) is 0 Å². The third kappa shape index (κ3) is 2.90. The van der Waals surface area contributed by atoms with Crippen molar-refractivity contribution in [1.29, 1.82) is 0 Å². The Kier molecular flexibility index (Phi) is 4.08. The van der Waals surface area contributed by atoms with Gasteiger partial charge in [-0.1, -0.05) is 18.2 Å². The Labute approximate surface area is 151 Å². The lowest BCUT2D eigenvalue weighted by atomic mass is 10.1. The fourth-order valence-electron chi connectivity index (χ4n) is 3.28. The predicted octanol–water partition coefficient (Wildman–Crippen LogP) is 3.14. The number of anilines is 1. The number of aromatic nitrogens is 2. The molecular weight excluding hydrogens is 330 g/mol. The highest BCUT2D eigenvalue weighted by Crippen LogP contribution is 2.30. The van der Waals surface area contributed by atoms with Gasteiger partial charge in [-0.25, -0.2) is 9.48 Å². The van der Waals surface area contributed by atoms with Gasteiger partial charge in [-0.2, -0.15) is 5.10 Å². The number of hydrogen-bond donors (Lipinski definition) is 2. The van der Waals surface area contributed by atoms with Gasteiger partial charge in [0.2, 0.25) is 0 Å². The van der Waals surface area contributed by atoms with Gasteiger partial charge in [0.15, 0.2) is 0 Å². The standard InChI is InChI=1S/C20H19N3O3/c1-26-16-7-5-13(6-8-16)11-18-17-9-10-21-19(17)23(22-18)15-4-2-3-14(12-15)20(24)25/h2-8,12,21H,9-11H2,1H3,(H,24,25). The summed E-state index contributed by atoms with van der Waals surface area (Å²) in [6.45, 7) is 0.863. The number of benzene rings is 2. The quantitative estimate of drug-likeness (QED) is 0.740. The number of rotatable bonds is 5. The number of aromatic carboxylic acids is 1. The van der Waals surface area contributed by atoms with Crippen molar-refractivity contribution in [2.24, 2.45) is 0 Å². The zero-order valence-corrected chi connectivity index (χ0v) is 14.4. The van der Waals surface area contributed by atoms with E-state index < -0.39 is 5.97 Å². The van der Waals surface area contributed by atoms with Crippen molar-refractivity contribution in [2.75, 3.05) is 19.0 Å². The van der Waals surface area contributed by atoms with Crippen molar-refractivity contribution >= 4 is 11.8 Å². The molecule has 6 heteroatoms. The summed E-state index contributed by atoms with van der Waals surface area (Å²) in [5, 5.41) is 17.4. The van der Waals surface area contributed by atoms with E-state index in [9.17, 15) is 9.90 Å². The number of carboxylic acid groups (broad SMARTS) is 1. The maximum absolute atomic E-state index is 11.3. The van der Waals surface area contributed by atoms with Crippen LogP contribution in [0.5, 0.6) is 5.75 Å². The molecule has 0 radical (unpaired) electrons. The monoisotopic (exact) mass is 349 g/mol. The molecule has 0 aliphatic carbocycles. The zero-order chi connectivity index (χ0) is 18.1. The van der Waals surface area contributed by atoms with Gasteiger partial charge in [-0.05, 0) is 42.3 Å². The van der Waals surface area contributed by atoms with E-state index in [1.807, 2.05) is 35.0 Å². The number of ether oxygens (including phenoxy) is 1. The molecule has 132 valence electrons. The Morgan fingerprint density at radius 2 is 2.08 bits per heavy atom. The second-order valence-corrected chi connectivity index (χ2v) is 6.24. The Hall–Kier alpha value is -3.28. The van der Waals surface area contributed by atoms with E-state index in [1.54, 1.807) is 25.3 Å². The molecule has 3 aromatic rings. The molecule has 6 nitrogen and oxygen atoms in total. The van der Waals surface area contributed by atoms with Crippen LogP contribution in [-0.4, -0.2) is 34.5 Å². The van der Waals surface area contributed by atoms with Crippen molar-refractivity contribution in [3.05, 3.63) is 70.9 Å². The van der Waals surface area contributed by atoms with Crippen LogP contribution >= 0.6 is 0 Å². The van der Waals surface area contributed by atoms with Crippen LogP contribution in [0.15, 0.2) is 48.5 Å². The molecule has 0 saturated carbocycles. The molecule has 0 amide bonds. The van der Waals surface area contributed by atoms with Crippen LogP contribution in [0.4, 0.5) is 5.82 Å². The van der Waals surface area contributed by atoms with Crippen molar-refractivity contribution in [1.82, 2.24) is 9.78 Å². The van der Waals surface area contributed by atoms with Crippen molar-refractivity contribution in [3.8, 4) is 11.4 Å². The number of nitrogens with zero attached hydrogens (tertiary/aromatic N) is 2. The van der Waals surface area contributed by atoms with Crippen LogP contribution in [0.1, 0.15) is 27.2 Å². The number of fused-ring (bicyclic) bond motifs is 1. The molecular formula is C20H19N3O3. The van der Waals surface area contributed by atoms with E-state index in [-0.39, 0.29) is 5.56 Å². The minimum Gasteiger partial charge on any atom is -0.497 e. The van der Waals surface area contributed by atoms with E-state index in [2.05, 4.69) is 5.32 Å². The molecule has 0 saturated heterocycles. The Bertz CT molecular complexity index is 961. The summed E-state index contributed by atoms with van der Waals surface area (Å²) < 4.78 is 7.02. The lowest BCUT2D eigenvalue weighted by Crippen LogP contribution is -2.06. The summed E-state index contributed by atoms with van der Waals surface area (Å²) in [5.74, 6) is 0.842. The molecule has 2 N–H and O–H groups in total. The van der Waals surface area contributed by atoms with Crippen molar-refractivity contribution in [3.63, 3.8) is 0 Å². The summed E-state index contributed by atoms with van der Waals surface area (Å²) in [6.07, 6.45) is 1.64. The summed E-state index contributed by atoms with van der Waals surface area (Å²) >= 11 is 0. The summed E-state index contributed by atoms with van der Waals surface area (Å²) in [5.41, 5.74) is 4.36. The number of carboxylic acids is 1. The highest BCUT2D eigenvalue weighted by molar-refractivity contribution is 5.88. The molecule has 0 unspecified atom stereocenters.